The number of methoxy groups -OCH3 is 1. The number of rotatable bonds is 10. The minimum atomic E-state index is 0.211. The molecule has 1 aromatic carbocycles. The summed E-state index contributed by atoms with van der Waals surface area (Å²) in [6.45, 7) is 9.83. The molecular formula is C16H29N3O. The fourth-order valence-electron chi connectivity index (χ4n) is 2.34. The van der Waals surface area contributed by atoms with E-state index in [1.807, 2.05) is 0 Å². The highest BCUT2D eigenvalue weighted by atomic mass is 16.5. The van der Waals surface area contributed by atoms with E-state index in [1.165, 1.54) is 11.1 Å². The van der Waals surface area contributed by atoms with E-state index in [9.17, 15) is 0 Å². The summed E-state index contributed by atoms with van der Waals surface area (Å²) in [6.07, 6.45) is 0. The van der Waals surface area contributed by atoms with Crippen LogP contribution in [0.3, 0.4) is 0 Å². The van der Waals surface area contributed by atoms with Crippen LogP contribution >= 0.6 is 0 Å². The average molecular weight is 279 g/mol. The molecule has 114 valence electrons. The van der Waals surface area contributed by atoms with Crippen LogP contribution < -0.4 is 11.1 Å². The van der Waals surface area contributed by atoms with Gasteiger partial charge in [0, 0.05) is 32.8 Å². The molecule has 0 fully saturated rings. The molecule has 1 unspecified atom stereocenters. The van der Waals surface area contributed by atoms with Crippen molar-refractivity contribution in [2.75, 3.05) is 39.8 Å². The molecule has 4 heteroatoms. The van der Waals surface area contributed by atoms with Crippen molar-refractivity contribution >= 4 is 0 Å². The highest BCUT2D eigenvalue weighted by molar-refractivity contribution is 5.26. The molecule has 0 aromatic heterocycles. The topological polar surface area (TPSA) is 50.5 Å². The monoisotopic (exact) mass is 279 g/mol. The molecule has 3 N–H and O–H groups in total. The van der Waals surface area contributed by atoms with Gasteiger partial charge in [-0.15, -0.1) is 0 Å². The smallest absolute Gasteiger partial charge is 0.0713 e. The maximum atomic E-state index is 5.90. The molecule has 0 amide bonds. The summed E-state index contributed by atoms with van der Waals surface area (Å²) in [5.41, 5.74) is 8.33. The van der Waals surface area contributed by atoms with Gasteiger partial charge in [-0.25, -0.2) is 0 Å². The van der Waals surface area contributed by atoms with Gasteiger partial charge in [0.1, 0.15) is 0 Å². The number of benzene rings is 1. The standard InChI is InChI=1S/C16H29N3O/c1-4-19(5-2)10-9-18-16(12-17)15-8-6-7-14(11-15)13-20-3/h6-8,11,16,18H,4-5,9-10,12-13,17H2,1-3H3. The summed E-state index contributed by atoms with van der Waals surface area (Å²) in [5.74, 6) is 0. The summed E-state index contributed by atoms with van der Waals surface area (Å²) in [5, 5.41) is 3.55. The van der Waals surface area contributed by atoms with Gasteiger partial charge in [-0.2, -0.15) is 0 Å². The fourth-order valence-corrected chi connectivity index (χ4v) is 2.34. The van der Waals surface area contributed by atoms with E-state index < -0.39 is 0 Å². The van der Waals surface area contributed by atoms with Gasteiger partial charge in [0.25, 0.3) is 0 Å². The molecule has 0 aliphatic carbocycles. The van der Waals surface area contributed by atoms with Crippen molar-refractivity contribution in [3.63, 3.8) is 0 Å². The number of likely N-dealkylation sites (N-methyl/N-ethyl adjacent to an activating group) is 1. The van der Waals surface area contributed by atoms with Crippen LogP contribution in [0.2, 0.25) is 0 Å². The Morgan fingerprint density at radius 2 is 2.05 bits per heavy atom. The third-order valence-corrected chi connectivity index (χ3v) is 3.61. The van der Waals surface area contributed by atoms with Crippen molar-refractivity contribution < 1.29 is 4.74 Å². The first-order valence-corrected chi connectivity index (χ1v) is 7.48. The Balaban J connectivity index is 2.54. The van der Waals surface area contributed by atoms with E-state index >= 15 is 0 Å². The van der Waals surface area contributed by atoms with Crippen molar-refractivity contribution in [3.05, 3.63) is 35.4 Å². The van der Waals surface area contributed by atoms with Gasteiger partial charge in [-0.1, -0.05) is 38.1 Å². The van der Waals surface area contributed by atoms with E-state index in [0.29, 0.717) is 13.2 Å². The summed E-state index contributed by atoms with van der Waals surface area (Å²) >= 11 is 0. The molecule has 0 saturated carbocycles. The Morgan fingerprint density at radius 1 is 1.30 bits per heavy atom. The molecule has 0 saturated heterocycles. The van der Waals surface area contributed by atoms with Crippen LogP contribution in [0.15, 0.2) is 24.3 Å². The molecule has 0 spiro atoms. The molecule has 0 aliphatic heterocycles. The predicted octanol–water partition coefficient (Wildman–Crippen LogP) is 1.76. The minimum absolute atomic E-state index is 0.211. The number of hydrogen-bond acceptors (Lipinski definition) is 4. The summed E-state index contributed by atoms with van der Waals surface area (Å²) in [7, 11) is 1.72. The van der Waals surface area contributed by atoms with Crippen LogP contribution in [0.4, 0.5) is 0 Å². The largest absolute Gasteiger partial charge is 0.380 e. The second kappa shape index (κ2) is 9.88. The molecule has 1 aromatic rings. The Kier molecular flexibility index (Phi) is 8.46. The molecule has 20 heavy (non-hydrogen) atoms. The maximum Gasteiger partial charge on any atom is 0.0713 e. The van der Waals surface area contributed by atoms with Crippen molar-refractivity contribution in [3.8, 4) is 0 Å². The van der Waals surface area contributed by atoms with Crippen molar-refractivity contribution in [1.82, 2.24) is 10.2 Å². The Hall–Kier alpha value is -0.940. The average Bonchev–Trinajstić information content (AvgIpc) is 2.48. The second-order valence-electron chi connectivity index (χ2n) is 4.95. The first-order valence-electron chi connectivity index (χ1n) is 7.48. The Labute approximate surface area is 123 Å². The lowest BCUT2D eigenvalue weighted by molar-refractivity contribution is 0.185. The van der Waals surface area contributed by atoms with Gasteiger partial charge in [0.15, 0.2) is 0 Å². The van der Waals surface area contributed by atoms with Gasteiger partial charge < -0.3 is 20.7 Å². The maximum absolute atomic E-state index is 5.90. The lowest BCUT2D eigenvalue weighted by Crippen LogP contribution is -2.36. The highest BCUT2D eigenvalue weighted by Crippen LogP contribution is 2.14. The van der Waals surface area contributed by atoms with Crippen molar-refractivity contribution in [1.29, 1.82) is 0 Å². The van der Waals surface area contributed by atoms with Gasteiger partial charge >= 0.3 is 0 Å². The normalized spacial score (nSPS) is 12.8. The van der Waals surface area contributed by atoms with E-state index in [-0.39, 0.29) is 6.04 Å². The van der Waals surface area contributed by atoms with Crippen LogP contribution in [0.25, 0.3) is 0 Å². The molecule has 1 rings (SSSR count). The number of nitrogens with zero attached hydrogens (tertiary/aromatic N) is 1. The van der Waals surface area contributed by atoms with E-state index in [0.717, 1.165) is 26.2 Å². The van der Waals surface area contributed by atoms with Crippen LogP contribution in [0.5, 0.6) is 0 Å². The van der Waals surface area contributed by atoms with Crippen LogP contribution in [0, 0.1) is 0 Å². The number of hydrogen-bond donors (Lipinski definition) is 2. The first-order chi connectivity index (χ1) is 9.74. The van der Waals surface area contributed by atoms with Crippen molar-refractivity contribution in [2.45, 2.75) is 26.5 Å². The third kappa shape index (κ3) is 5.59. The van der Waals surface area contributed by atoms with E-state index in [4.69, 9.17) is 10.5 Å². The molecule has 0 aliphatic rings. The SMILES string of the molecule is CCN(CC)CCNC(CN)c1cccc(COC)c1. The molecule has 4 nitrogen and oxygen atoms in total. The first kappa shape index (κ1) is 17.1. The minimum Gasteiger partial charge on any atom is -0.380 e. The molecule has 0 heterocycles. The second-order valence-corrected chi connectivity index (χ2v) is 4.95. The lowest BCUT2D eigenvalue weighted by atomic mass is 10.0. The van der Waals surface area contributed by atoms with Crippen LogP contribution in [-0.4, -0.2) is 44.7 Å². The summed E-state index contributed by atoms with van der Waals surface area (Å²) < 4.78 is 5.18. The van der Waals surface area contributed by atoms with Gasteiger partial charge in [-0.05, 0) is 24.2 Å². The van der Waals surface area contributed by atoms with E-state index in [1.54, 1.807) is 7.11 Å². The fraction of sp³-hybridized carbons (Fsp3) is 0.625. The summed E-state index contributed by atoms with van der Waals surface area (Å²) in [6, 6.07) is 8.66. The Bertz CT molecular complexity index is 366. The predicted molar refractivity (Wildman–Crippen MR) is 84.7 cm³/mol. The summed E-state index contributed by atoms with van der Waals surface area (Å²) in [4.78, 5) is 2.40. The Morgan fingerprint density at radius 3 is 2.65 bits per heavy atom. The quantitative estimate of drug-likeness (QED) is 0.685. The van der Waals surface area contributed by atoms with Crippen LogP contribution in [0.1, 0.15) is 31.0 Å². The number of nitrogens with one attached hydrogen (secondary N) is 1. The van der Waals surface area contributed by atoms with Crippen LogP contribution in [-0.2, 0) is 11.3 Å². The highest BCUT2D eigenvalue weighted by Gasteiger charge is 2.10. The van der Waals surface area contributed by atoms with Gasteiger partial charge in [0.05, 0.1) is 6.61 Å². The van der Waals surface area contributed by atoms with E-state index in [2.05, 4.69) is 48.3 Å². The molecule has 0 bridgehead atoms. The zero-order valence-electron chi connectivity index (χ0n) is 13.1. The molecular weight excluding hydrogens is 250 g/mol. The third-order valence-electron chi connectivity index (χ3n) is 3.61. The van der Waals surface area contributed by atoms with Crippen molar-refractivity contribution in [2.24, 2.45) is 5.73 Å². The number of nitrogens with two attached hydrogens (primary N) is 1. The number of ether oxygens (including phenoxy) is 1. The molecule has 0 radical (unpaired) electrons. The lowest BCUT2D eigenvalue weighted by Gasteiger charge is -2.22. The van der Waals surface area contributed by atoms with Gasteiger partial charge in [0.2, 0.25) is 0 Å². The van der Waals surface area contributed by atoms with Gasteiger partial charge in [-0.3, -0.25) is 0 Å². The zero-order chi connectivity index (χ0) is 14.8. The zero-order valence-corrected chi connectivity index (χ0v) is 13.1. The molecule has 1 atom stereocenters.